The summed E-state index contributed by atoms with van der Waals surface area (Å²) < 4.78 is 0. The Bertz CT molecular complexity index is 701. The molecule has 140 valence electrons. The number of anilines is 1. The quantitative estimate of drug-likeness (QED) is 0.832. The van der Waals surface area contributed by atoms with E-state index in [4.69, 9.17) is 0 Å². The van der Waals surface area contributed by atoms with Crippen molar-refractivity contribution in [3.63, 3.8) is 0 Å². The summed E-state index contributed by atoms with van der Waals surface area (Å²) in [5.74, 6) is -0.302. The van der Waals surface area contributed by atoms with Crippen LogP contribution < -0.4 is 10.2 Å². The molecule has 4 amide bonds. The van der Waals surface area contributed by atoms with Crippen molar-refractivity contribution in [2.24, 2.45) is 0 Å². The first-order valence-corrected chi connectivity index (χ1v) is 9.17. The van der Waals surface area contributed by atoms with Gasteiger partial charge in [-0.15, -0.1) is 0 Å². The lowest BCUT2D eigenvalue weighted by molar-refractivity contribution is -0.117. The zero-order valence-electron chi connectivity index (χ0n) is 15.6. The Labute approximate surface area is 153 Å². The molecule has 2 aliphatic rings. The lowest BCUT2D eigenvalue weighted by Gasteiger charge is -2.43. The molecule has 2 aliphatic heterocycles. The second-order valence-corrected chi connectivity index (χ2v) is 7.13. The van der Waals surface area contributed by atoms with Crippen LogP contribution in [0.15, 0.2) is 24.3 Å². The van der Waals surface area contributed by atoms with Gasteiger partial charge in [-0.25, -0.2) is 4.79 Å². The van der Waals surface area contributed by atoms with Crippen LogP contribution in [0.3, 0.4) is 0 Å². The van der Waals surface area contributed by atoms with Gasteiger partial charge in [-0.05, 0) is 44.5 Å². The maximum Gasteiger partial charge on any atom is 0.329 e. The molecule has 2 heterocycles. The van der Waals surface area contributed by atoms with Gasteiger partial charge in [0.2, 0.25) is 5.91 Å². The Morgan fingerprint density at radius 1 is 1.19 bits per heavy atom. The number of nitrogens with zero attached hydrogens (tertiary/aromatic N) is 3. The van der Waals surface area contributed by atoms with Crippen molar-refractivity contribution < 1.29 is 14.4 Å². The van der Waals surface area contributed by atoms with Gasteiger partial charge in [0, 0.05) is 43.0 Å². The summed E-state index contributed by atoms with van der Waals surface area (Å²) in [6, 6.07) is 7.31. The van der Waals surface area contributed by atoms with Crippen LogP contribution in [0.2, 0.25) is 0 Å². The van der Waals surface area contributed by atoms with Gasteiger partial charge in [-0.2, -0.15) is 0 Å². The summed E-state index contributed by atoms with van der Waals surface area (Å²) >= 11 is 0. The Kier molecular flexibility index (Phi) is 5.27. The summed E-state index contributed by atoms with van der Waals surface area (Å²) in [7, 11) is 0. The zero-order chi connectivity index (χ0) is 18.8. The molecule has 1 atom stereocenters. The molecule has 7 heteroatoms. The van der Waals surface area contributed by atoms with Crippen molar-refractivity contribution in [1.82, 2.24) is 15.1 Å². The van der Waals surface area contributed by atoms with Crippen LogP contribution in [0.25, 0.3) is 0 Å². The number of carbonyl (C=O) groups is 3. The fourth-order valence-corrected chi connectivity index (χ4v) is 3.71. The highest BCUT2D eigenvalue weighted by Gasteiger charge is 2.31. The second kappa shape index (κ2) is 7.45. The van der Waals surface area contributed by atoms with Crippen molar-refractivity contribution >= 4 is 23.5 Å². The van der Waals surface area contributed by atoms with Crippen molar-refractivity contribution in [3.05, 3.63) is 29.8 Å². The van der Waals surface area contributed by atoms with Crippen LogP contribution >= 0.6 is 0 Å². The molecule has 2 fully saturated rings. The summed E-state index contributed by atoms with van der Waals surface area (Å²) in [6.07, 6.45) is 1.01. The van der Waals surface area contributed by atoms with Crippen LogP contribution in [-0.4, -0.2) is 65.9 Å². The average Bonchev–Trinajstić information content (AvgIpc) is 2.98. The molecule has 0 saturated carbocycles. The van der Waals surface area contributed by atoms with Crippen molar-refractivity contribution in [2.45, 2.75) is 39.3 Å². The van der Waals surface area contributed by atoms with Gasteiger partial charge >= 0.3 is 6.03 Å². The number of hydrogen-bond donors (Lipinski definition) is 1. The number of piperazine rings is 1. The maximum atomic E-state index is 12.8. The van der Waals surface area contributed by atoms with Gasteiger partial charge < -0.3 is 4.90 Å². The van der Waals surface area contributed by atoms with E-state index < -0.39 is 6.03 Å². The molecule has 0 radical (unpaired) electrons. The van der Waals surface area contributed by atoms with E-state index in [1.807, 2.05) is 4.90 Å². The fourth-order valence-electron chi connectivity index (χ4n) is 3.71. The molecule has 0 unspecified atom stereocenters. The predicted octanol–water partition coefficient (Wildman–Crippen LogP) is 1.69. The number of urea groups is 1. The van der Waals surface area contributed by atoms with Crippen LogP contribution in [0, 0.1) is 0 Å². The molecular formula is C19H26N4O3. The van der Waals surface area contributed by atoms with Crippen LogP contribution in [0.1, 0.15) is 37.6 Å². The molecule has 1 N–H and O–H groups in total. The number of hydrogen-bond acceptors (Lipinski definition) is 4. The molecular weight excluding hydrogens is 332 g/mol. The van der Waals surface area contributed by atoms with Crippen molar-refractivity contribution in [1.29, 1.82) is 0 Å². The van der Waals surface area contributed by atoms with Gasteiger partial charge in [-0.3, -0.25) is 24.7 Å². The fraction of sp³-hybridized carbons (Fsp3) is 0.526. The summed E-state index contributed by atoms with van der Waals surface area (Å²) in [4.78, 5) is 41.6. The van der Waals surface area contributed by atoms with Gasteiger partial charge in [0.15, 0.2) is 0 Å². The number of carbonyl (C=O) groups excluding carboxylic acids is 3. The third-order valence-corrected chi connectivity index (χ3v) is 5.17. The highest BCUT2D eigenvalue weighted by atomic mass is 16.2. The third-order valence-electron chi connectivity index (χ3n) is 5.17. The minimum Gasteiger partial charge on any atom is -0.336 e. The standard InChI is InChI=1S/C19H26N4O3/c1-4-15-11-21(9-10-22(15)13(2)3)18(25)14-5-7-16(8-6-14)23-12-17(24)20-19(23)26/h5-8,13,15H,4,9-12H2,1-3H3,(H,20,24,26)/t15-/m0/s1. The number of rotatable bonds is 4. The van der Waals surface area contributed by atoms with E-state index >= 15 is 0 Å². The number of benzene rings is 1. The maximum absolute atomic E-state index is 12.8. The molecule has 0 aliphatic carbocycles. The van der Waals surface area contributed by atoms with E-state index in [-0.39, 0.29) is 18.4 Å². The first-order valence-electron chi connectivity index (χ1n) is 9.17. The van der Waals surface area contributed by atoms with Crippen molar-refractivity contribution in [3.8, 4) is 0 Å². The Morgan fingerprint density at radius 3 is 2.42 bits per heavy atom. The second-order valence-electron chi connectivity index (χ2n) is 7.13. The van der Waals surface area contributed by atoms with E-state index in [0.29, 0.717) is 23.3 Å². The Morgan fingerprint density at radius 2 is 1.88 bits per heavy atom. The molecule has 1 aromatic carbocycles. The molecule has 2 saturated heterocycles. The first-order chi connectivity index (χ1) is 12.4. The van der Waals surface area contributed by atoms with Crippen LogP contribution in [0.5, 0.6) is 0 Å². The van der Waals surface area contributed by atoms with E-state index in [0.717, 1.165) is 26.1 Å². The normalized spacial score (nSPS) is 21.5. The summed E-state index contributed by atoms with van der Waals surface area (Å²) in [5.41, 5.74) is 1.22. The zero-order valence-corrected chi connectivity index (χ0v) is 15.6. The van der Waals surface area contributed by atoms with E-state index in [2.05, 4.69) is 31.0 Å². The van der Waals surface area contributed by atoms with E-state index in [9.17, 15) is 14.4 Å². The van der Waals surface area contributed by atoms with E-state index in [1.165, 1.54) is 4.90 Å². The Balaban J connectivity index is 1.69. The van der Waals surface area contributed by atoms with Crippen LogP contribution in [-0.2, 0) is 4.79 Å². The predicted molar refractivity (Wildman–Crippen MR) is 99.2 cm³/mol. The number of nitrogens with one attached hydrogen (secondary N) is 1. The third kappa shape index (κ3) is 3.58. The van der Waals surface area contributed by atoms with Gasteiger partial charge in [0.1, 0.15) is 6.54 Å². The van der Waals surface area contributed by atoms with Gasteiger partial charge in [0.25, 0.3) is 5.91 Å². The van der Waals surface area contributed by atoms with Crippen LogP contribution in [0.4, 0.5) is 10.5 Å². The first kappa shape index (κ1) is 18.4. The summed E-state index contributed by atoms with van der Waals surface area (Å²) in [5, 5.41) is 2.25. The molecule has 0 aromatic heterocycles. The minimum atomic E-state index is -0.426. The average molecular weight is 358 g/mol. The lowest BCUT2D eigenvalue weighted by atomic mass is 10.1. The molecule has 0 bridgehead atoms. The molecule has 1 aromatic rings. The highest BCUT2D eigenvalue weighted by Crippen LogP contribution is 2.21. The highest BCUT2D eigenvalue weighted by molar-refractivity contribution is 6.12. The SMILES string of the molecule is CC[C@H]1CN(C(=O)c2ccc(N3CC(=O)NC3=O)cc2)CCN1C(C)C. The minimum absolute atomic E-state index is 0.0142. The molecule has 7 nitrogen and oxygen atoms in total. The van der Waals surface area contributed by atoms with E-state index in [1.54, 1.807) is 24.3 Å². The summed E-state index contributed by atoms with van der Waals surface area (Å²) in [6.45, 7) is 8.90. The molecule has 26 heavy (non-hydrogen) atoms. The number of imide groups is 1. The smallest absolute Gasteiger partial charge is 0.329 e. The number of amides is 4. The molecule has 0 spiro atoms. The molecule has 3 rings (SSSR count). The Hall–Kier alpha value is -2.41. The topological polar surface area (TPSA) is 73.0 Å². The van der Waals surface area contributed by atoms with Gasteiger partial charge in [-0.1, -0.05) is 6.92 Å². The monoisotopic (exact) mass is 358 g/mol. The lowest BCUT2D eigenvalue weighted by Crippen LogP contribution is -2.56. The van der Waals surface area contributed by atoms with Crippen molar-refractivity contribution in [2.75, 3.05) is 31.1 Å². The van der Waals surface area contributed by atoms with Gasteiger partial charge in [0.05, 0.1) is 0 Å². The largest absolute Gasteiger partial charge is 0.336 e.